The number of ether oxygens (including phenoxy) is 2. The summed E-state index contributed by atoms with van der Waals surface area (Å²) >= 11 is 0. The van der Waals surface area contributed by atoms with Crippen molar-refractivity contribution in [1.82, 2.24) is 45.6 Å². The molecule has 0 unspecified atom stereocenters. The summed E-state index contributed by atoms with van der Waals surface area (Å²) in [6.45, 7) is 4.00. The van der Waals surface area contributed by atoms with E-state index in [2.05, 4.69) is 41.2 Å². The number of aromatic nitrogens is 7. The van der Waals surface area contributed by atoms with Gasteiger partial charge in [-0.15, -0.1) is 10.2 Å². The summed E-state index contributed by atoms with van der Waals surface area (Å²) in [5, 5.41) is 22.5. The van der Waals surface area contributed by atoms with E-state index in [1.807, 2.05) is 40.0 Å². The molecule has 0 aliphatic carbocycles. The van der Waals surface area contributed by atoms with Crippen LogP contribution in [0.15, 0.2) is 40.6 Å². The van der Waals surface area contributed by atoms with Gasteiger partial charge in [-0.2, -0.15) is 0 Å². The topological polar surface area (TPSA) is 210 Å². The van der Waals surface area contributed by atoms with E-state index in [1.165, 1.54) is 12.2 Å². The fourth-order valence-corrected chi connectivity index (χ4v) is 4.76. The first-order valence-corrected chi connectivity index (χ1v) is 17.3. The van der Waals surface area contributed by atoms with Crippen LogP contribution in [0.3, 0.4) is 0 Å². The molecule has 270 valence electrons. The van der Waals surface area contributed by atoms with Crippen LogP contribution in [0.25, 0.3) is 22.8 Å². The smallest absolute Gasteiger partial charge is 0.407 e. The van der Waals surface area contributed by atoms with Crippen LogP contribution in [-0.2, 0) is 32.2 Å². The number of carbonyl (C=O) groups excluding carboxylic acids is 4. The lowest BCUT2D eigenvalue weighted by Gasteiger charge is -2.06. The molecule has 3 rings (SSSR count). The van der Waals surface area contributed by atoms with Gasteiger partial charge in [0.25, 0.3) is 0 Å². The van der Waals surface area contributed by atoms with Gasteiger partial charge >= 0.3 is 12.2 Å². The molecule has 3 aromatic rings. The molecular formula is C33H47N11O6. The summed E-state index contributed by atoms with van der Waals surface area (Å²) < 4.78 is 14.0. The van der Waals surface area contributed by atoms with Gasteiger partial charge in [0.05, 0.1) is 50.1 Å². The molecule has 3 aromatic heterocycles. The maximum absolute atomic E-state index is 11.7. The number of rotatable bonds is 26. The Morgan fingerprint density at radius 3 is 1.54 bits per heavy atom. The first-order valence-electron chi connectivity index (χ1n) is 17.3. The Morgan fingerprint density at radius 2 is 1.08 bits per heavy atom. The third-order valence-corrected chi connectivity index (χ3v) is 7.44. The van der Waals surface area contributed by atoms with Crippen molar-refractivity contribution in [3.8, 4) is 22.8 Å². The molecule has 0 aromatic carbocycles. The number of hydrogen-bond donors (Lipinski definition) is 2. The lowest BCUT2D eigenvalue weighted by atomic mass is 10.2. The van der Waals surface area contributed by atoms with E-state index in [-0.39, 0.29) is 0 Å². The molecule has 0 fully saturated rings. The average Bonchev–Trinajstić information content (AvgIpc) is 3.81. The highest BCUT2D eigenvalue weighted by atomic mass is 16.6. The Hall–Kier alpha value is -5.27. The van der Waals surface area contributed by atoms with Crippen molar-refractivity contribution in [3.63, 3.8) is 0 Å². The molecule has 0 aliphatic rings. The Bertz CT molecular complexity index is 1410. The Kier molecular flexibility index (Phi) is 19.4. The minimum absolute atomic E-state index is 0.369. The van der Waals surface area contributed by atoms with Gasteiger partial charge in [-0.3, -0.25) is 9.36 Å². The Labute approximate surface area is 291 Å². The molecule has 2 N–H and O–H groups in total. The highest BCUT2D eigenvalue weighted by molar-refractivity contribution is 5.67. The molecule has 0 spiro atoms. The Morgan fingerprint density at radius 1 is 0.620 bits per heavy atom. The average molecular weight is 694 g/mol. The lowest BCUT2D eigenvalue weighted by Crippen LogP contribution is -2.25. The summed E-state index contributed by atoms with van der Waals surface area (Å²) in [6, 6.07) is 5.69. The second-order valence-corrected chi connectivity index (χ2v) is 11.5. The highest BCUT2D eigenvalue weighted by Crippen LogP contribution is 2.20. The van der Waals surface area contributed by atoms with Crippen LogP contribution in [0.4, 0.5) is 9.59 Å². The molecule has 2 amide bonds. The zero-order valence-corrected chi connectivity index (χ0v) is 28.5. The zero-order chi connectivity index (χ0) is 35.5. The van der Waals surface area contributed by atoms with E-state index < -0.39 is 12.2 Å². The van der Waals surface area contributed by atoms with Crippen molar-refractivity contribution in [1.29, 1.82) is 0 Å². The second-order valence-electron chi connectivity index (χ2n) is 11.5. The maximum atomic E-state index is 11.7. The van der Waals surface area contributed by atoms with Gasteiger partial charge in [0, 0.05) is 26.2 Å². The molecule has 0 aliphatic heterocycles. The van der Waals surface area contributed by atoms with Crippen molar-refractivity contribution in [3.05, 3.63) is 30.6 Å². The standard InChI is InChI=1S/C33H47N11O6/c45-26-34-16-5-7-18-36-32(47)49-22-11-3-1-9-20-43-24-30(39-41-43)28-14-13-15-29(38-28)31-25-44(42-40-31)21-10-2-4-12-23-50-33(48)37-19-8-6-17-35-27-46/h13-15,24-25H,1-12,16-23H2,(H,36,47)(H,37,48). The van der Waals surface area contributed by atoms with Crippen LogP contribution < -0.4 is 10.6 Å². The molecule has 0 radical (unpaired) electrons. The van der Waals surface area contributed by atoms with Crippen LogP contribution >= 0.6 is 0 Å². The SMILES string of the molecule is O=C=NCCCCNC(=O)OCCCCCCn1cc(-c2cccc(-c3cn(CCCCCCOC(=O)NCCCCN=C=O)nn3)n2)nn1. The van der Waals surface area contributed by atoms with Crippen LogP contribution in [0.2, 0.25) is 0 Å². The number of nitrogens with one attached hydrogen (secondary N) is 2. The maximum Gasteiger partial charge on any atom is 0.407 e. The first-order chi connectivity index (χ1) is 24.6. The van der Waals surface area contributed by atoms with Gasteiger partial charge in [-0.1, -0.05) is 29.3 Å². The summed E-state index contributed by atoms with van der Waals surface area (Å²) in [7, 11) is 0. The third-order valence-electron chi connectivity index (χ3n) is 7.44. The van der Waals surface area contributed by atoms with Crippen molar-refractivity contribution >= 4 is 24.3 Å². The quantitative estimate of drug-likeness (QED) is 0.0683. The number of alkyl carbamates (subject to hydrolysis) is 2. The van der Waals surface area contributed by atoms with E-state index in [4.69, 9.17) is 14.5 Å². The minimum atomic E-state index is -0.426. The number of unbranched alkanes of at least 4 members (excludes halogenated alkanes) is 8. The van der Waals surface area contributed by atoms with Crippen molar-refractivity contribution in [2.24, 2.45) is 9.98 Å². The molecule has 0 saturated carbocycles. The van der Waals surface area contributed by atoms with Crippen molar-refractivity contribution in [2.75, 3.05) is 39.4 Å². The van der Waals surface area contributed by atoms with E-state index in [1.54, 1.807) is 0 Å². The number of carbonyl (C=O) groups is 2. The molecule has 0 bridgehead atoms. The van der Waals surface area contributed by atoms with E-state index in [0.29, 0.717) is 75.0 Å². The van der Waals surface area contributed by atoms with Gasteiger partial charge in [0.1, 0.15) is 11.4 Å². The number of nitrogens with zero attached hydrogens (tertiary/aromatic N) is 9. The first kappa shape index (κ1) is 39.2. The fourth-order valence-electron chi connectivity index (χ4n) is 4.76. The van der Waals surface area contributed by atoms with E-state index in [0.717, 1.165) is 77.3 Å². The molecule has 17 nitrogen and oxygen atoms in total. The number of amides is 2. The van der Waals surface area contributed by atoms with Crippen molar-refractivity contribution in [2.45, 2.75) is 90.1 Å². The summed E-state index contributed by atoms with van der Waals surface area (Å²) in [4.78, 5) is 55.1. The molecular weight excluding hydrogens is 646 g/mol. The van der Waals surface area contributed by atoms with Gasteiger partial charge in [-0.25, -0.2) is 34.1 Å². The predicted molar refractivity (Wildman–Crippen MR) is 182 cm³/mol. The lowest BCUT2D eigenvalue weighted by molar-refractivity contribution is 0.142. The molecule has 0 atom stereocenters. The summed E-state index contributed by atoms with van der Waals surface area (Å²) in [6.07, 6.45) is 16.0. The number of hydrogen-bond acceptors (Lipinski definition) is 13. The zero-order valence-electron chi connectivity index (χ0n) is 28.5. The Balaban J connectivity index is 1.26. The number of aryl methyl sites for hydroxylation is 2. The number of aliphatic imine (C=N–C) groups is 2. The van der Waals surface area contributed by atoms with Crippen LogP contribution in [0.5, 0.6) is 0 Å². The summed E-state index contributed by atoms with van der Waals surface area (Å²) in [5.74, 6) is 0. The van der Waals surface area contributed by atoms with Crippen LogP contribution in [0, 0.1) is 0 Å². The van der Waals surface area contributed by atoms with Gasteiger partial charge in [-0.05, 0) is 76.3 Å². The van der Waals surface area contributed by atoms with Gasteiger partial charge < -0.3 is 20.1 Å². The monoisotopic (exact) mass is 693 g/mol. The molecule has 0 saturated heterocycles. The van der Waals surface area contributed by atoms with Crippen molar-refractivity contribution < 1.29 is 28.7 Å². The normalized spacial score (nSPS) is 10.6. The largest absolute Gasteiger partial charge is 0.450 e. The molecule has 50 heavy (non-hydrogen) atoms. The third kappa shape index (κ3) is 16.7. The van der Waals surface area contributed by atoms with Crippen LogP contribution in [-0.4, -0.2) is 98.7 Å². The second kappa shape index (κ2) is 24.8. The summed E-state index contributed by atoms with van der Waals surface area (Å²) in [5.41, 5.74) is 2.76. The van der Waals surface area contributed by atoms with Gasteiger partial charge in [0.2, 0.25) is 12.2 Å². The van der Waals surface area contributed by atoms with E-state index in [9.17, 15) is 19.2 Å². The molecule has 3 heterocycles. The minimum Gasteiger partial charge on any atom is -0.450 e. The fraction of sp³-hybridized carbons (Fsp3) is 0.606. The van der Waals surface area contributed by atoms with Gasteiger partial charge in [0.15, 0.2) is 0 Å². The number of isocyanates is 2. The van der Waals surface area contributed by atoms with E-state index >= 15 is 0 Å². The number of pyridine rings is 1. The highest BCUT2D eigenvalue weighted by Gasteiger charge is 2.11. The molecule has 17 heteroatoms. The predicted octanol–water partition coefficient (Wildman–Crippen LogP) is 4.40. The van der Waals surface area contributed by atoms with Crippen LogP contribution in [0.1, 0.15) is 77.0 Å².